The molecule has 0 saturated carbocycles. The van der Waals surface area contributed by atoms with Crippen LogP contribution in [0.1, 0.15) is 0 Å². The highest BCUT2D eigenvalue weighted by Crippen LogP contribution is 2.72. The zero-order valence-electron chi connectivity index (χ0n) is 7.72. The van der Waals surface area contributed by atoms with Crippen LogP contribution in [0, 0.1) is 0 Å². The van der Waals surface area contributed by atoms with Crippen molar-refractivity contribution in [3.8, 4) is 0 Å². The van der Waals surface area contributed by atoms with Crippen LogP contribution in [0.25, 0.3) is 0 Å². The van der Waals surface area contributed by atoms with Gasteiger partial charge in [0.1, 0.15) is 12.2 Å². The minimum absolute atomic E-state index is 0.699. The molecule has 3 aliphatic heterocycles. The highest BCUT2D eigenvalue weighted by molar-refractivity contribution is 7.49. The maximum absolute atomic E-state index is 11.5. The van der Waals surface area contributed by atoms with Gasteiger partial charge < -0.3 is 25.2 Å². The number of phosphoric ester groups is 1. The van der Waals surface area contributed by atoms with E-state index in [1.807, 2.05) is 0 Å². The molecule has 3 saturated heterocycles. The molecule has 2 unspecified atom stereocenters. The van der Waals surface area contributed by atoms with Crippen molar-refractivity contribution in [3.05, 3.63) is 0 Å². The van der Waals surface area contributed by atoms with Crippen LogP contribution in [-0.4, -0.2) is 57.1 Å². The van der Waals surface area contributed by atoms with Gasteiger partial charge in [0, 0.05) is 0 Å². The maximum atomic E-state index is 11.5. The van der Waals surface area contributed by atoms with Crippen molar-refractivity contribution in [1.29, 1.82) is 0 Å². The highest BCUT2D eigenvalue weighted by Gasteiger charge is 2.80. The lowest BCUT2D eigenvalue weighted by Gasteiger charge is -2.47. The first-order valence-electron chi connectivity index (χ1n) is 4.44. The molecule has 10 heteroatoms. The largest absolute Gasteiger partial charge is 0.482 e. The van der Waals surface area contributed by atoms with Crippen LogP contribution in [0.3, 0.4) is 0 Å². The summed E-state index contributed by atoms with van der Waals surface area (Å²) in [6, 6.07) is 0. The van der Waals surface area contributed by atoms with Gasteiger partial charge in [-0.05, 0) is 0 Å². The summed E-state index contributed by atoms with van der Waals surface area (Å²) in [5.41, 5.74) is 0. The number of aliphatic hydroxyl groups excluding tert-OH is 2. The van der Waals surface area contributed by atoms with E-state index in [-0.39, 0.29) is 0 Å². The fourth-order valence-electron chi connectivity index (χ4n) is 2.01. The van der Waals surface area contributed by atoms with Gasteiger partial charge in [-0.3, -0.25) is 4.52 Å². The topological polar surface area (TPSA) is 135 Å². The first-order chi connectivity index (χ1) is 7.33. The molecule has 0 aromatic carbocycles. The van der Waals surface area contributed by atoms with Crippen molar-refractivity contribution in [2.45, 2.75) is 30.1 Å². The average molecular weight is 256 g/mol. The zero-order valence-corrected chi connectivity index (χ0v) is 8.61. The monoisotopic (exact) mass is 256 g/mol. The van der Waals surface area contributed by atoms with Crippen molar-refractivity contribution in [3.63, 3.8) is 0 Å². The zero-order chi connectivity index (χ0) is 11.8. The van der Waals surface area contributed by atoms with Crippen LogP contribution in [0.15, 0.2) is 0 Å². The van der Waals surface area contributed by atoms with Gasteiger partial charge in [-0.2, -0.15) is 0 Å². The van der Waals surface area contributed by atoms with E-state index in [0.29, 0.717) is 0 Å². The van der Waals surface area contributed by atoms with Crippen LogP contribution in [-0.2, 0) is 22.9 Å². The molecule has 3 rings (SSSR count). The Hall–Kier alpha value is -0.0900. The minimum atomic E-state index is -4.13. The summed E-state index contributed by atoms with van der Waals surface area (Å²) in [6.07, 6.45) is -4.71. The second-order valence-electron chi connectivity index (χ2n) is 3.78. The molecule has 92 valence electrons. The summed E-state index contributed by atoms with van der Waals surface area (Å²) in [5.74, 6) is -4.91. The Bertz CT molecular complexity index is 386. The third-order valence-electron chi connectivity index (χ3n) is 2.72. The van der Waals surface area contributed by atoms with Crippen molar-refractivity contribution < 1.29 is 43.3 Å². The minimum Gasteiger partial charge on any atom is -0.394 e. The van der Waals surface area contributed by atoms with Gasteiger partial charge in [0.15, 0.2) is 0 Å². The smallest absolute Gasteiger partial charge is 0.394 e. The molecule has 4 N–H and O–H groups in total. The molecule has 6 atom stereocenters. The van der Waals surface area contributed by atoms with E-state index in [4.69, 9.17) is 9.84 Å². The molecule has 16 heavy (non-hydrogen) atoms. The van der Waals surface area contributed by atoms with Crippen molar-refractivity contribution >= 4 is 7.82 Å². The molecule has 0 spiro atoms. The lowest BCUT2D eigenvalue weighted by atomic mass is 9.94. The predicted molar refractivity (Wildman–Crippen MR) is 42.5 cm³/mol. The van der Waals surface area contributed by atoms with Crippen LogP contribution in [0.5, 0.6) is 0 Å². The molecule has 3 aliphatic rings. The fraction of sp³-hybridized carbons (Fsp3) is 1.00. The molecule has 3 heterocycles. The van der Waals surface area contributed by atoms with Crippen molar-refractivity contribution in [2.24, 2.45) is 0 Å². The molecular weight excluding hydrogens is 247 g/mol. The number of aliphatic hydroxyl groups is 4. The predicted octanol–water partition coefficient (Wildman–Crippen LogP) is -2.37. The van der Waals surface area contributed by atoms with E-state index in [0.717, 1.165) is 0 Å². The van der Waals surface area contributed by atoms with Crippen LogP contribution in [0.4, 0.5) is 0 Å². The van der Waals surface area contributed by atoms with E-state index < -0.39 is 44.5 Å². The molecule has 0 amide bonds. The molecule has 0 aromatic heterocycles. The number of hydrogen-bond donors (Lipinski definition) is 4. The number of hydrogen-bond acceptors (Lipinski definition) is 9. The molecular formula is C6H9O9P. The third-order valence-corrected chi connectivity index (χ3v) is 4.19. The maximum Gasteiger partial charge on any atom is 0.482 e. The molecule has 3 fully saturated rings. The van der Waals surface area contributed by atoms with Gasteiger partial charge in [0.25, 0.3) is 0 Å². The van der Waals surface area contributed by atoms with E-state index in [1.165, 1.54) is 0 Å². The number of ether oxygens (including phenoxy) is 1. The third kappa shape index (κ3) is 1.10. The molecule has 2 bridgehead atoms. The van der Waals surface area contributed by atoms with Gasteiger partial charge in [-0.25, -0.2) is 13.6 Å². The Morgan fingerprint density at radius 3 is 2.56 bits per heavy atom. The first kappa shape index (κ1) is 11.0. The van der Waals surface area contributed by atoms with Gasteiger partial charge in [0.05, 0.1) is 6.61 Å². The summed E-state index contributed by atoms with van der Waals surface area (Å²) >= 11 is 0. The molecule has 0 radical (unpaired) electrons. The lowest BCUT2D eigenvalue weighted by molar-refractivity contribution is -0.451. The Morgan fingerprint density at radius 1 is 1.31 bits per heavy atom. The van der Waals surface area contributed by atoms with Crippen LogP contribution >= 0.6 is 7.82 Å². The quantitative estimate of drug-likeness (QED) is 0.379. The van der Waals surface area contributed by atoms with Crippen LogP contribution in [0.2, 0.25) is 0 Å². The van der Waals surface area contributed by atoms with Crippen LogP contribution < -0.4 is 0 Å². The lowest BCUT2D eigenvalue weighted by Crippen LogP contribution is -2.71. The average Bonchev–Trinajstić information content (AvgIpc) is 2.60. The van der Waals surface area contributed by atoms with Crippen molar-refractivity contribution in [2.75, 3.05) is 6.61 Å². The van der Waals surface area contributed by atoms with E-state index in [2.05, 4.69) is 13.6 Å². The Balaban J connectivity index is 2.06. The molecule has 0 aromatic rings. The van der Waals surface area contributed by atoms with Crippen molar-refractivity contribution in [1.82, 2.24) is 0 Å². The van der Waals surface area contributed by atoms with Gasteiger partial charge in [0.2, 0.25) is 11.9 Å². The molecule has 0 aliphatic carbocycles. The van der Waals surface area contributed by atoms with E-state index in [9.17, 15) is 19.9 Å². The van der Waals surface area contributed by atoms with E-state index in [1.54, 1.807) is 0 Å². The summed E-state index contributed by atoms with van der Waals surface area (Å²) < 4.78 is 30.1. The fourth-order valence-corrected chi connectivity index (χ4v) is 3.69. The van der Waals surface area contributed by atoms with E-state index >= 15 is 0 Å². The standard InChI is InChI=1S/C6H9O9P/c7-1-2-3(8)5(9)4-6(10,12-2)15-16(11,13-4)14-5/h2-4,7-10H,1H2/t2-,3+,4?,5-,6+,16?/m1/s1. The number of phosphoric acid groups is 1. The first-order valence-corrected chi connectivity index (χ1v) is 5.90. The summed E-state index contributed by atoms with van der Waals surface area (Å²) in [4.78, 5) is 0. The summed E-state index contributed by atoms with van der Waals surface area (Å²) in [6.45, 7) is -0.699. The number of fused-ring (bicyclic) bond motifs is 1. The van der Waals surface area contributed by atoms with Gasteiger partial charge in [-0.15, -0.1) is 0 Å². The number of rotatable bonds is 1. The second-order valence-corrected chi connectivity index (χ2v) is 5.25. The van der Waals surface area contributed by atoms with Gasteiger partial charge in [-0.1, -0.05) is 0 Å². The summed E-state index contributed by atoms with van der Waals surface area (Å²) in [5, 5.41) is 38.2. The van der Waals surface area contributed by atoms with Gasteiger partial charge >= 0.3 is 13.8 Å². The Morgan fingerprint density at radius 2 is 2.00 bits per heavy atom. The molecule has 9 nitrogen and oxygen atoms in total. The Labute approximate surface area is 88.7 Å². The highest BCUT2D eigenvalue weighted by atomic mass is 31.2. The second kappa shape index (κ2) is 2.83. The Kier molecular flexibility index (Phi) is 1.95. The summed E-state index contributed by atoms with van der Waals surface area (Å²) in [7, 11) is -4.13. The SMILES string of the molecule is O=P12OC3[C@](O)(O[C@H](CO)[C@H](O)[C@@]3(O)O1)O2. The normalized spacial score (nSPS) is 63.9.